The molecule has 118 valence electrons. The highest BCUT2D eigenvalue weighted by Gasteiger charge is 2.43. The van der Waals surface area contributed by atoms with Gasteiger partial charge in [0.2, 0.25) is 5.91 Å². The number of rotatable bonds is 3. The van der Waals surface area contributed by atoms with Crippen molar-refractivity contribution in [3.63, 3.8) is 0 Å². The first-order valence-electron chi connectivity index (χ1n) is 6.86. The number of aromatic nitrogens is 1. The average molecular weight is 321 g/mol. The van der Waals surface area contributed by atoms with Crippen LogP contribution in [0.15, 0.2) is 5.38 Å². The standard InChI is InChI=1S/C13H18F3N3OS/c1-7(17)10-6-21-12(18-10)19-11(20)8-3-2-4-9(5-8)13(14,15)16/h6-9H,2-5,17H2,1H3,(H,18,19,20). The van der Waals surface area contributed by atoms with E-state index in [0.717, 1.165) is 0 Å². The first-order chi connectivity index (χ1) is 9.77. The second-order valence-corrected chi connectivity index (χ2v) is 6.32. The van der Waals surface area contributed by atoms with Gasteiger partial charge in [0.1, 0.15) is 0 Å². The monoisotopic (exact) mass is 321 g/mol. The highest BCUT2D eigenvalue weighted by molar-refractivity contribution is 7.13. The molecule has 0 bridgehead atoms. The van der Waals surface area contributed by atoms with E-state index in [1.165, 1.54) is 11.3 Å². The molecule has 1 aromatic rings. The maximum Gasteiger partial charge on any atom is 0.391 e. The van der Waals surface area contributed by atoms with Crippen LogP contribution in [-0.4, -0.2) is 17.1 Å². The van der Waals surface area contributed by atoms with E-state index in [1.54, 1.807) is 12.3 Å². The molecular formula is C13H18F3N3OS. The van der Waals surface area contributed by atoms with Gasteiger partial charge >= 0.3 is 6.18 Å². The molecular weight excluding hydrogens is 303 g/mol. The highest BCUT2D eigenvalue weighted by Crippen LogP contribution is 2.40. The van der Waals surface area contributed by atoms with Crippen molar-refractivity contribution in [1.82, 2.24) is 4.98 Å². The molecule has 0 aliphatic heterocycles. The number of hydrogen-bond donors (Lipinski definition) is 2. The van der Waals surface area contributed by atoms with Crippen LogP contribution in [0.2, 0.25) is 0 Å². The van der Waals surface area contributed by atoms with E-state index >= 15 is 0 Å². The molecule has 2 rings (SSSR count). The number of amides is 1. The minimum Gasteiger partial charge on any atom is -0.323 e. The van der Waals surface area contributed by atoms with E-state index in [9.17, 15) is 18.0 Å². The van der Waals surface area contributed by atoms with Gasteiger partial charge < -0.3 is 11.1 Å². The minimum atomic E-state index is -4.22. The van der Waals surface area contributed by atoms with Gasteiger partial charge in [-0.1, -0.05) is 6.42 Å². The predicted octanol–water partition coefficient (Wildman–Crippen LogP) is 3.47. The van der Waals surface area contributed by atoms with E-state index < -0.39 is 18.0 Å². The average Bonchev–Trinajstić information content (AvgIpc) is 2.86. The Morgan fingerprint density at radius 2 is 2.24 bits per heavy atom. The summed E-state index contributed by atoms with van der Waals surface area (Å²) in [6.07, 6.45) is -3.34. The number of nitrogens with zero attached hydrogens (tertiary/aromatic N) is 1. The molecule has 0 saturated heterocycles. The van der Waals surface area contributed by atoms with E-state index in [2.05, 4.69) is 10.3 Å². The fourth-order valence-electron chi connectivity index (χ4n) is 2.49. The summed E-state index contributed by atoms with van der Waals surface area (Å²) in [5.74, 6) is -2.36. The number of carbonyl (C=O) groups excluding carboxylic acids is 1. The molecule has 4 nitrogen and oxygen atoms in total. The Labute approximate surface area is 124 Å². The van der Waals surface area contributed by atoms with Gasteiger partial charge in [-0.25, -0.2) is 4.98 Å². The van der Waals surface area contributed by atoms with Crippen LogP contribution in [0.25, 0.3) is 0 Å². The molecule has 1 heterocycles. The van der Waals surface area contributed by atoms with Crippen LogP contribution in [0.1, 0.15) is 44.3 Å². The lowest BCUT2D eigenvalue weighted by atomic mass is 9.80. The van der Waals surface area contributed by atoms with Crippen LogP contribution in [-0.2, 0) is 4.79 Å². The van der Waals surface area contributed by atoms with Gasteiger partial charge in [-0.2, -0.15) is 13.2 Å². The van der Waals surface area contributed by atoms with Crippen LogP contribution in [0.5, 0.6) is 0 Å². The third-order valence-corrected chi connectivity index (χ3v) is 4.50. The molecule has 0 aromatic carbocycles. The van der Waals surface area contributed by atoms with Gasteiger partial charge in [-0.3, -0.25) is 4.79 Å². The minimum absolute atomic E-state index is 0.110. The third kappa shape index (κ3) is 4.16. The number of hydrogen-bond acceptors (Lipinski definition) is 4. The van der Waals surface area contributed by atoms with Gasteiger partial charge in [0, 0.05) is 17.3 Å². The van der Waals surface area contributed by atoms with Gasteiger partial charge in [0.05, 0.1) is 11.6 Å². The Morgan fingerprint density at radius 3 is 2.81 bits per heavy atom. The fourth-order valence-corrected chi connectivity index (χ4v) is 3.30. The van der Waals surface area contributed by atoms with E-state index in [-0.39, 0.29) is 24.8 Å². The van der Waals surface area contributed by atoms with Gasteiger partial charge in [-0.15, -0.1) is 11.3 Å². The molecule has 3 unspecified atom stereocenters. The van der Waals surface area contributed by atoms with Crippen molar-refractivity contribution in [2.24, 2.45) is 17.6 Å². The van der Waals surface area contributed by atoms with Crippen LogP contribution in [0.3, 0.4) is 0 Å². The Kier molecular flexibility index (Phi) is 4.88. The van der Waals surface area contributed by atoms with Crippen molar-refractivity contribution in [3.8, 4) is 0 Å². The molecule has 8 heteroatoms. The SMILES string of the molecule is CC(N)c1csc(NC(=O)C2CCCC(C(F)(F)F)C2)n1. The van der Waals surface area contributed by atoms with Crippen molar-refractivity contribution in [1.29, 1.82) is 0 Å². The number of halogens is 3. The number of nitrogens with one attached hydrogen (secondary N) is 1. The second kappa shape index (κ2) is 6.31. The molecule has 3 atom stereocenters. The molecule has 21 heavy (non-hydrogen) atoms. The summed E-state index contributed by atoms with van der Waals surface area (Å²) in [4.78, 5) is 16.2. The molecule has 1 amide bonds. The molecule has 0 radical (unpaired) electrons. The number of anilines is 1. The molecule has 1 saturated carbocycles. The Balaban J connectivity index is 1.96. The maximum absolute atomic E-state index is 12.7. The number of carbonyl (C=O) groups is 1. The van der Waals surface area contributed by atoms with E-state index in [0.29, 0.717) is 23.7 Å². The summed E-state index contributed by atoms with van der Waals surface area (Å²) in [6.45, 7) is 1.77. The lowest BCUT2D eigenvalue weighted by molar-refractivity contribution is -0.185. The molecule has 1 fully saturated rings. The van der Waals surface area contributed by atoms with Gasteiger partial charge in [-0.05, 0) is 26.2 Å². The first kappa shape index (κ1) is 16.2. The van der Waals surface area contributed by atoms with Crippen LogP contribution in [0.4, 0.5) is 18.3 Å². The number of thiazole rings is 1. The topological polar surface area (TPSA) is 68.0 Å². The zero-order valence-corrected chi connectivity index (χ0v) is 12.4. The summed E-state index contributed by atoms with van der Waals surface area (Å²) in [5.41, 5.74) is 6.33. The Hall–Kier alpha value is -1.15. The molecule has 1 aliphatic rings. The van der Waals surface area contributed by atoms with Crippen LogP contribution in [0, 0.1) is 11.8 Å². The maximum atomic E-state index is 12.7. The molecule has 1 aromatic heterocycles. The smallest absolute Gasteiger partial charge is 0.323 e. The van der Waals surface area contributed by atoms with Crippen molar-refractivity contribution >= 4 is 22.4 Å². The number of alkyl halides is 3. The van der Waals surface area contributed by atoms with E-state index in [4.69, 9.17) is 5.73 Å². The largest absolute Gasteiger partial charge is 0.391 e. The lowest BCUT2D eigenvalue weighted by Gasteiger charge is -2.29. The lowest BCUT2D eigenvalue weighted by Crippen LogP contribution is -2.34. The zero-order valence-electron chi connectivity index (χ0n) is 11.6. The Bertz CT molecular complexity index is 501. The molecule has 0 spiro atoms. The van der Waals surface area contributed by atoms with Gasteiger partial charge in [0.15, 0.2) is 5.13 Å². The molecule has 1 aliphatic carbocycles. The summed E-state index contributed by atoms with van der Waals surface area (Å²) in [5, 5.41) is 4.73. The summed E-state index contributed by atoms with van der Waals surface area (Å²) in [7, 11) is 0. The summed E-state index contributed by atoms with van der Waals surface area (Å²) in [6, 6.07) is -0.240. The van der Waals surface area contributed by atoms with Crippen molar-refractivity contribution in [2.75, 3.05) is 5.32 Å². The third-order valence-electron chi connectivity index (χ3n) is 3.73. The number of nitrogens with two attached hydrogens (primary N) is 1. The normalized spacial score (nSPS) is 24.6. The van der Waals surface area contributed by atoms with Crippen LogP contribution >= 0.6 is 11.3 Å². The van der Waals surface area contributed by atoms with E-state index in [1.807, 2.05) is 0 Å². The first-order valence-corrected chi connectivity index (χ1v) is 7.74. The Morgan fingerprint density at radius 1 is 1.52 bits per heavy atom. The zero-order chi connectivity index (χ0) is 15.6. The quantitative estimate of drug-likeness (QED) is 0.895. The van der Waals surface area contributed by atoms with Crippen LogP contribution < -0.4 is 11.1 Å². The van der Waals surface area contributed by atoms with Crippen molar-refractivity contribution in [3.05, 3.63) is 11.1 Å². The van der Waals surface area contributed by atoms with Crippen molar-refractivity contribution < 1.29 is 18.0 Å². The molecule has 3 N–H and O–H groups in total. The van der Waals surface area contributed by atoms with Crippen molar-refractivity contribution in [2.45, 2.75) is 44.8 Å². The highest BCUT2D eigenvalue weighted by atomic mass is 32.1. The predicted molar refractivity (Wildman–Crippen MR) is 74.8 cm³/mol. The summed E-state index contributed by atoms with van der Waals surface area (Å²) < 4.78 is 38.2. The fraction of sp³-hybridized carbons (Fsp3) is 0.692. The van der Waals surface area contributed by atoms with Gasteiger partial charge in [0.25, 0.3) is 0 Å². The second-order valence-electron chi connectivity index (χ2n) is 5.46. The summed E-state index contributed by atoms with van der Waals surface area (Å²) >= 11 is 1.23.